The smallest absolute Gasteiger partial charge is 0.261 e. The molecular formula is C18H17N3O3S. The summed E-state index contributed by atoms with van der Waals surface area (Å²) in [7, 11) is -2.26. The third-order valence-electron chi connectivity index (χ3n) is 3.61. The van der Waals surface area contributed by atoms with Gasteiger partial charge in [-0.2, -0.15) is 0 Å². The Morgan fingerprint density at radius 1 is 1.08 bits per heavy atom. The molecular weight excluding hydrogens is 338 g/mol. The average Bonchev–Trinajstić information content (AvgIpc) is 2.60. The summed E-state index contributed by atoms with van der Waals surface area (Å²) in [4.78, 5) is 9.30. The molecule has 25 heavy (non-hydrogen) atoms. The fourth-order valence-corrected chi connectivity index (χ4v) is 3.41. The number of sulfonamides is 1. The van der Waals surface area contributed by atoms with Crippen LogP contribution in [0.15, 0.2) is 64.6 Å². The van der Waals surface area contributed by atoms with Gasteiger partial charge >= 0.3 is 0 Å². The molecule has 3 rings (SSSR count). The van der Waals surface area contributed by atoms with Gasteiger partial charge in [0.2, 0.25) is 0 Å². The molecule has 3 aromatic rings. The van der Waals surface area contributed by atoms with Crippen LogP contribution in [0.25, 0.3) is 10.9 Å². The number of oxime groups is 1. The molecule has 0 aliphatic heterocycles. The SMILES string of the molecule is CO/N=C/c1ccc2cccc(NS(=O)(=O)c3ccc(C)cc3)c2n1. The number of aromatic nitrogens is 1. The predicted octanol–water partition coefficient (Wildman–Crippen LogP) is 3.32. The molecule has 1 heterocycles. The van der Waals surface area contributed by atoms with E-state index in [1.54, 1.807) is 42.5 Å². The fourth-order valence-electron chi connectivity index (χ4n) is 2.34. The van der Waals surface area contributed by atoms with E-state index in [1.807, 2.05) is 19.1 Å². The van der Waals surface area contributed by atoms with Crippen LogP contribution in [-0.4, -0.2) is 26.7 Å². The van der Waals surface area contributed by atoms with Crippen molar-refractivity contribution >= 4 is 32.8 Å². The third kappa shape index (κ3) is 3.77. The number of aryl methyl sites for hydroxylation is 1. The van der Waals surface area contributed by atoms with Crippen LogP contribution in [0.3, 0.4) is 0 Å². The molecule has 7 heteroatoms. The van der Waals surface area contributed by atoms with E-state index in [9.17, 15) is 8.42 Å². The minimum absolute atomic E-state index is 0.201. The Balaban J connectivity index is 2.02. The summed E-state index contributed by atoms with van der Waals surface area (Å²) in [6.07, 6.45) is 1.46. The van der Waals surface area contributed by atoms with E-state index in [-0.39, 0.29) is 4.90 Å². The summed E-state index contributed by atoms with van der Waals surface area (Å²) in [5, 5.41) is 4.50. The molecule has 0 aliphatic rings. The van der Waals surface area contributed by atoms with Crippen molar-refractivity contribution in [3.63, 3.8) is 0 Å². The second kappa shape index (κ2) is 6.90. The molecule has 0 aliphatic carbocycles. The molecule has 0 saturated heterocycles. The number of nitrogens with one attached hydrogen (secondary N) is 1. The lowest BCUT2D eigenvalue weighted by atomic mass is 10.2. The molecule has 0 unspecified atom stereocenters. The Bertz CT molecular complexity index is 1030. The van der Waals surface area contributed by atoms with Crippen molar-refractivity contribution in [2.24, 2.45) is 5.16 Å². The first-order chi connectivity index (χ1) is 12.0. The molecule has 0 spiro atoms. The Hall–Kier alpha value is -2.93. The van der Waals surface area contributed by atoms with Gasteiger partial charge in [-0.05, 0) is 31.2 Å². The van der Waals surface area contributed by atoms with Crippen LogP contribution < -0.4 is 4.72 Å². The Morgan fingerprint density at radius 3 is 2.56 bits per heavy atom. The van der Waals surface area contributed by atoms with Crippen LogP contribution in [0.1, 0.15) is 11.3 Å². The summed E-state index contributed by atoms with van der Waals surface area (Å²) in [6.45, 7) is 1.90. The van der Waals surface area contributed by atoms with Crippen LogP contribution in [0, 0.1) is 6.92 Å². The highest BCUT2D eigenvalue weighted by Crippen LogP contribution is 2.24. The molecule has 0 radical (unpaired) electrons. The van der Waals surface area contributed by atoms with Crippen LogP contribution in [-0.2, 0) is 14.9 Å². The largest absolute Gasteiger partial charge is 0.399 e. The van der Waals surface area contributed by atoms with E-state index in [0.717, 1.165) is 10.9 Å². The predicted molar refractivity (Wildman–Crippen MR) is 98.3 cm³/mol. The molecule has 0 fully saturated rings. The van der Waals surface area contributed by atoms with Gasteiger partial charge < -0.3 is 4.84 Å². The number of rotatable bonds is 5. The standard InChI is InChI=1S/C18H17N3O3S/c1-13-6-10-16(11-7-13)25(22,23)21-17-5-3-4-14-8-9-15(12-19-24-2)20-18(14)17/h3-12,21H,1-2H3/b19-12+. The van der Waals surface area contributed by atoms with Crippen LogP contribution in [0.5, 0.6) is 0 Å². The number of para-hydroxylation sites is 1. The Labute approximate surface area is 146 Å². The summed E-state index contributed by atoms with van der Waals surface area (Å²) < 4.78 is 27.9. The number of fused-ring (bicyclic) bond motifs is 1. The van der Waals surface area contributed by atoms with Gasteiger partial charge in [0.25, 0.3) is 10.0 Å². The van der Waals surface area contributed by atoms with Gasteiger partial charge in [-0.3, -0.25) is 4.72 Å². The second-order valence-corrected chi connectivity index (χ2v) is 7.13. The lowest BCUT2D eigenvalue weighted by molar-refractivity contribution is 0.215. The highest BCUT2D eigenvalue weighted by molar-refractivity contribution is 7.92. The quantitative estimate of drug-likeness (QED) is 0.562. The number of hydrogen-bond acceptors (Lipinski definition) is 5. The maximum absolute atomic E-state index is 12.6. The molecule has 0 atom stereocenters. The van der Waals surface area contributed by atoms with Gasteiger partial charge in [0.05, 0.1) is 28.0 Å². The fraction of sp³-hybridized carbons (Fsp3) is 0.111. The minimum Gasteiger partial charge on any atom is -0.399 e. The zero-order valence-electron chi connectivity index (χ0n) is 13.8. The van der Waals surface area contributed by atoms with Gasteiger partial charge in [0.1, 0.15) is 7.11 Å². The lowest BCUT2D eigenvalue weighted by Gasteiger charge is -2.11. The Morgan fingerprint density at radius 2 is 1.84 bits per heavy atom. The Kier molecular flexibility index (Phi) is 4.67. The number of hydrogen-bond donors (Lipinski definition) is 1. The van der Waals surface area contributed by atoms with Crippen molar-refractivity contribution in [3.8, 4) is 0 Å². The number of nitrogens with zero attached hydrogens (tertiary/aromatic N) is 2. The number of benzene rings is 2. The average molecular weight is 355 g/mol. The van der Waals surface area contributed by atoms with Crippen molar-refractivity contribution in [2.45, 2.75) is 11.8 Å². The first-order valence-electron chi connectivity index (χ1n) is 7.55. The summed E-state index contributed by atoms with van der Waals surface area (Å²) in [5.41, 5.74) is 2.51. The van der Waals surface area contributed by atoms with Crippen LogP contribution in [0.4, 0.5) is 5.69 Å². The lowest BCUT2D eigenvalue weighted by Crippen LogP contribution is -2.13. The number of anilines is 1. The molecule has 1 aromatic heterocycles. The molecule has 0 bridgehead atoms. The highest BCUT2D eigenvalue weighted by Gasteiger charge is 2.16. The monoisotopic (exact) mass is 355 g/mol. The summed E-state index contributed by atoms with van der Waals surface area (Å²) >= 11 is 0. The molecule has 1 N–H and O–H groups in total. The van der Waals surface area contributed by atoms with Crippen LogP contribution >= 0.6 is 0 Å². The van der Waals surface area contributed by atoms with Crippen molar-refractivity contribution in [3.05, 3.63) is 65.9 Å². The molecule has 0 saturated carbocycles. The van der Waals surface area contributed by atoms with Gasteiger partial charge in [-0.15, -0.1) is 0 Å². The number of pyridine rings is 1. The molecule has 6 nitrogen and oxygen atoms in total. The van der Waals surface area contributed by atoms with E-state index in [2.05, 4.69) is 19.7 Å². The molecule has 0 amide bonds. The first kappa shape index (κ1) is 16.9. The van der Waals surface area contributed by atoms with E-state index < -0.39 is 10.0 Å². The van der Waals surface area contributed by atoms with Crippen LogP contribution in [0.2, 0.25) is 0 Å². The van der Waals surface area contributed by atoms with Crippen molar-refractivity contribution in [1.29, 1.82) is 0 Å². The van der Waals surface area contributed by atoms with Crippen molar-refractivity contribution in [2.75, 3.05) is 11.8 Å². The molecule has 2 aromatic carbocycles. The zero-order chi connectivity index (χ0) is 17.9. The van der Waals surface area contributed by atoms with E-state index >= 15 is 0 Å². The molecule has 128 valence electrons. The minimum atomic E-state index is -3.70. The maximum atomic E-state index is 12.6. The van der Waals surface area contributed by atoms with E-state index in [0.29, 0.717) is 16.9 Å². The van der Waals surface area contributed by atoms with Gasteiger partial charge in [-0.1, -0.05) is 41.1 Å². The normalized spacial score (nSPS) is 11.8. The van der Waals surface area contributed by atoms with Crippen molar-refractivity contribution in [1.82, 2.24) is 4.98 Å². The summed E-state index contributed by atoms with van der Waals surface area (Å²) in [5.74, 6) is 0. The second-order valence-electron chi connectivity index (χ2n) is 5.45. The highest BCUT2D eigenvalue weighted by atomic mass is 32.2. The topological polar surface area (TPSA) is 80.6 Å². The van der Waals surface area contributed by atoms with Gasteiger partial charge in [0.15, 0.2) is 0 Å². The zero-order valence-corrected chi connectivity index (χ0v) is 14.6. The van der Waals surface area contributed by atoms with E-state index in [1.165, 1.54) is 13.3 Å². The van der Waals surface area contributed by atoms with Crippen molar-refractivity contribution < 1.29 is 13.3 Å². The summed E-state index contributed by atoms with van der Waals surface area (Å²) in [6, 6.07) is 15.6. The van der Waals surface area contributed by atoms with Gasteiger partial charge in [-0.25, -0.2) is 13.4 Å². The first-order valence-corrected chi connectivity index (χ1v) is 9.04. The maximum Gasteiger partial charge on any atom is 0.261 e. The van der Waals surface area contributed by atoms with E-state index in [4.69, 9.17) is 0 Å². The third-order valence-corrected chi connectivity index (χ3v) is 4.99. The van der Waals surface area contributed by atoms with Gasteiger partial charge in [0, 0.05) is 5.39 Å².